The predicted octanol–water partition coefficient (Wildman–Crippen LogP) is 2.65. The van der Waals surface area contributed by atoms with Gasteiger partial charge in [-0.2, -0.15) is 19.0 Å². The van der Waals surface area contributed by atoms with E-state index in [4.69, 9.17) is 0 Å². The van der Waals surface area contributed by atoms with Crippen LogP contribution in [0.5, 0.6) is 0 Å². The molecular weight excluding hydrogens is 264 g/mol. The van der Waals surface area contributed by atoms with Crippen LogP contribution in [0.1, 0.15) is 43.4 Å². The molecule has 0 aliphatic heterocycles. The molecule has 110 valence electrons. The summed E-state index contributed by atoms with van der Waals surface area (Å²) < 4.78 is 27.3. The van der Waals surface area contributed by atoms with E-state index < -0.39 is 6.55 Å². The first-order valence-corrected chi connectivity index (χ1v) is 6.55. The zero-order chi connectivity index (χ0) is 14.7. The van der Waals surface area contributed by atoms with Gasteiger partial charge in [0.2, 0.25) is 0 Å². The highest BCUT2D eigenvalue weighted by Crippen LogP contribution is 2.13. The maximum atomic E-state index is 12.4. The monoisotopic (exact) mass is 283 g/mol. The topological polar surface area (TPSA) is 47.7 Å². The Morgan fingerprint density at radius 1 is 1.30 bits per heavy atom. The second kappa shape index (κ2) is 6.13. The molecule has 0 saturated heterocycles. The van der Waals surface area contributed by atoms with Crippen molar-refractivity contribution >= 4 is 0 Å². The highest BCUT2D eigenvalue weighted by atomic mass is 19.3. The van der Waals surface area contributed by atoms with E-state index in [1.54, 1.807) is 6.07 Å². The molecule has 2 aromatic heterocycles. The zero-order valence-corrected chi connectivity index (χ0v) is 11.8. The van der Waals surface area contributed by atoms with Crippen LogP contribution in [0.15, 0.2) is 18.5 Å². The average Bonchev–Trinajstić information content (AvgIpc) is 2.97. The van der Waals surface area contributed by atoms with Gasteiger partial charge >= 0.3 is 6.55 Å². The van der Waals surface area contributed by atoms with Crippen LogP contribution in [0.25, 0.3) is 0 Å². The Labute approximate surface area is 116 Å². The average molecular weight is 283 g/mol. The summed E-state index contributed by atoms with van der Waals surface area (Å²) in [7, 11) is 0. The van der Waals surface area contributed by atoms with Crippen LogP contribution in [-0.2, 0) is 13.1 Å². The van der Waals surface area contributed by atoms with Crippen molar-refractivity contribution in [1.82, 2.24) is 24.9 Å². The molecular formula is C13H19F2N5. The SMILES string of the molecule is Cc1c(CNCc2ccn(C(F)F)n2)cnn1C(C)C. The van der Waals surface area contributed by atoms with Crippen LogP contribution in [0.2, 0.25) is 0 Å². The van der Waals surface area contributed by atoms with E-state index in [1.807, 2.05) is 17.8 Å². The van der Waals surface area contributed by atoms with E-state index in [0.717, 1.165) is 11.3 Å². The molecule has 0 bridgehead atoms. The molecule has 0 fully saturated rings. The highest BCUT2D eigenvalue weighted by molar-refractivity contribution is 5.16. The summed E-state index contributed by atoms with van der Waals surface area (Å²) in [6, 6.07) is 1.91. The van der Waals surface area contributed by atoms with Gasteiger partial charge < -0.3 is 5.32 Å². The lowest BCUT2D eigenvalue weighted by molar-refractivity contribution is 0.0561. The zero-order valence-electron chi connectivity index (χ0n) is 11.8. The maximum absolute atomic E-state index is 12.4. The molecule has 2 aromatic rings. The van der Waals surface area contributed by atoms with Crippen molar-refractivity contribution in [2.24, 2.45) is 0 Å². The first-order chi connectivity index (χ1) is 9.49. The number of hydrogen-bond acceptors (Lipinski definition) is 3. The van der Waals surface area contributed by atoms with E-state index >= 15 is 0 Å². The summed E-state index contributed by atoms with van der Waals surface area (Å²) in [4.78, 5) is 0. The van der Waals surface area contributed by atoms with Crippen molar-refractivity contribution in [3.05, 3.63) is 35.4 Å². The Hall–Kier alpha value is -1.76. The highest BCUT2D eigenvalue weighted by Gasteiger charge is 2.09. The van der Waals surface area contributed by atoms with Crippen LogP contribution >= 0.6 is 0 Å². The largest absolute Gasteiger partial charge is 0.333 e. The summed E-state index contributed by atoms with van der Waals surface area (Å²) in [5.41, 5.74) is 2.82. The Bertz CT molecular complexity index is 559. The van der Waals surface area contributed by atoms with Gasteiger partial charge in [-0.05, 0) is 26.8 Å². The number of nitrogens with zero attached hydrogens (tertiary/aromatic N) is 4. The van der Waals surface area contributed by atoms with E-state index in [2.05, 4.69) is 29.4 Å². The summed E-state index contributed by atoms with van der Waals surface area (Å²) in [6.07, 6.45) is 3.11. The fraction of sp³-hybridized carbons (Fsp3) is 0.538. The molecule has 2 heterocycles. The van der Waals surface area contributed by atoms with Crippen molar-refractivity contribution in [2.45, 2.75) is 46.5 Å². The van der Waals surface area contributed by atoms with Gasteiger partial charge in [-0.15, -0.1) is 0 Å². The maximum Gasteiger partial charge on any atom is 0.333 e. The molecule has 0 amide bonds. The van der Waals surface area contributed by atoms with Gasteiger partial charge in [0, 0.05) is 36.6 Å². The van der Waals surface area contributed by atoms with E-state index in [9.17, 15) is 8.78 Å². The fourth-order valence-electron chi connectivity index (χ4n) is 2.06. The number of nitrogens with one attached hydrogen (secondary N) is 1. The molecule has 0 spiro atoms. The molecule has 20 heavy (non-hydrogen) atoms. The molecule has 7 heteroatoms. The first kappa shape index (κ1) is 14.6. The third-order valence-corrected chi connectivity index (χ3v) is 3.12. The predicted molar refractivity (Wildman–Crippen MR) is 71.4 cm³/mol. The van der Waals surface area contributed by atoms with Crippen molar-refractivity contribution in [1.29, 1.82) is 0 Å². The van der Waals surface area contributed by atoms with Crippen LogP contribution in [0, 0.1) is 6.92 Å². The lowest BCUT2D eigenvalue weighted by Gasteiger charge is -2.09. The minimum Gasteiger partial charge on any atom is -0.307 e. The van der Waals surface area contributed by atoms with Crippen LogP contribution < -0.4 is 5.32 Å². The Morgan fingerprint density at radius 2 is 2.05 bits per heavy atom. The molecule has 0 aliphatic carbocycles. The molecule has 1 N–H and O–H groups in total. The van der Waals surface area contributed by atoms with Crippen molar-refractivity contribution in [3.8, 4) is 0 Å². The van der Waals surface area contributed by atoms with Gasteiger partial charge in [0.1, 0.15) is 0 Å². The number of hydrogen-bond donors (Lipinski definition) is 1. The molecule has 0 saturated carbocycles. The fourth-order valence-corrected chi connectivity index (χ4v) is 2.06. The van der Waals surface area contributed by atoms with Crippen LogP contribution in [0.4, 0.5) is 8.78 Å². The van der Waals surface area contributed by atoms with Gasteiger partial charge in [-0.1, -0.05) is 0 Å². The van der Waals surface area contributed by atoms with E-state index in [-0.39, 0.29) is 0 Å². The normalized spacial score (nSPS) is 11.8. The minimum absolute atomic E-state index is 0.325. The van der Waals surface area contributed by atoms with Gasteiger partial charge in [0.25, 0.3) is 0 Å². The number of aromatic nitrogens is 4. The molecule has 5 nitrogen and oxygen atoms in total. The first-order valence-electron chi connectivity index (χ1n) is 6.55. The molecule has 0 aliphatic rings. The standard InChI is InChI=1S/C13H19F2N5/c1-9(2)20-10(3)11(7-17-20)6-16-8-12-4-5-19(18-12)13(14)15/h4-5,7,9,13,16H,6,8H2,1-3H3. The lowest BCUT2D eigenvalue weighted by Crippen LogP contribution is -2.14. The van der Waals surface area contributed by atoms with Gasteiger partial charge in [0.05, 0.1) is 11.9 Å². The quantitative estimate of drug-likeness (QED) is 0.886. The molecule has 0 aromatic carbocycles. The van der Waals surface area contributed by atoms with Crippen molar-refractivity contribution in [3.63, 3.8) is 0 Å². The summed E-state index contributed by atoms with van der Waals surface area (Å²) in [5, 5.41) is 11.3. The van der Waals surface area contributed by atoms with Gasteiger partial charge in [-0.25, -0.2) is 4.68 Å². The summed E-state index contributed by atoms with van der Waals surface area (Å²) >= 11 is 0. The van der Waals surface area contributed by atoms with Gasteiger partial charge in [0.15, 0.2) is 0 Å². The Morgan fingerprint density at radius 3 is 2.60 bits per heavy atom. The van der Waals surface area contributed by atoms with E-state index in [0.29, 0.717) is 29.5 Å². The number of rotatable bonds is 6. The van der Waals surface area contributed by atoms with Gasteiger partial charge in [-0.3, -0.25) is 4.68 Å². The van der Waals surface area contributed by atoms with Crippen molar-refractivity contribution < 1.29 is 8.78 Å². The summed E-state index contributed by atoms with van der Waals surface area (Å²) in [6.45, 7) is 4.68. The second-order valence-electron chi connectivity index (χ2n) is 4.96. The Kier molecular flexibility index (Phi) is 4.49. The van der Waals surface area contributed by atoms with Crippen LogP contribution in [0.3, 0.4) is 0 Å². The van der Waals surface area contributed by atoms with E-state index in [1.165, 1.54) is 6.20 Å². The Balaban J connectivity index is 1.89. The lowest BCUT2D eigenvalue weighted by atomic mass is 10.2. The minimum atomic E-state index is -2.59. The molecule has 2 rings (SSSR count). The second-order valence-corrected chi connectivity index (χ2v) is 4.96. The third-order valence-electron chi connectivity index (χ3n) is 3.12. The third kappa shape index (κ3) is 3.22. The molecule has 0 radical (unpaired) electrons. The summed E-state index contributed by atoms with van der Waals surface area (Å²) in [5.74, 6) is 0. The van der Waals surface area contributed by atoms with Crippen LogP contribution in [-0.4, -0.2) is 19.6 Å². The smallest absolute Gasteiger partial charge is 0.307 e. The molecule has 0 atom stereocenters. The molecule has 0 unspecified atom stereocenters. The number of halogens is 2. The number of alkyl halides is 2. The van der Waals surface area contributed by atoms with Crippen molar-refractivity contribution in [2.75, 3.05) is 0 Å².